The van der Waals surface area contributed by atoms with Gasteiger partial charge in [0.15, 0.2) is 0 Å². The summed E-state index contributed by atoms with van der Waals surface area (Å²) in [6, 6.07) is 11.3. The van der Waals surface area contributed by atoms with Gasteiger partial charge in [0.2, 0.25) is 0 Å². The molecular weight excluding hydrogens is 254 g/mol. The second kappa shape index (κ2) is 5.74. The maximum Gasteiger partial charge on any atom is 0.129 e. The van der Waals surface area contributed by atoms with Crippen LogP contribution >= 0.6 is 0 Å². The smallest absolute Gasteiger partial charge is 0.129 e. The van der Waals surface area contributed by atoms with E-state index >= 15 is 0 Å². The maximum absolute atomic E-state index is 14.3. The lowest BCUT2D eigenvalue weighted by Gasteiger charge is -2.12. The number of hydrogen-bond acceptors (Lipinski definition) is 0. The highest BCUT2D eigenvalue weighted by atomic mass is 19.1. The zero-order valence-corrected chi connectivity index (χ0v) is 11.5. The van der Waals surface area contributed by atoms with Gasteiger partial charge in [-0.05, 0) is 72.9 Å². The summed E-state index contributed by atoms with van der Waals surface area (Å²) < 4.78 is 27.9. The van der Waals surface area contributed by atoms with Crippen LogP contribution in [0, 0.1) is 11.6 Å². The summed E-state index contributed by atoms with van der Waals surface area (Å²) >= 11 is 0. The normalized spacial score (nSPS) is 15.3. The van der Waals surface area contributed by atoms with E-state index in [0.717, 1.165) is 25.7 Å². The van der Waals surface area contributed by atoms with Gasteiger partial charge in [0.05, 0.1) is 0 Å². The topological polar surface area (TPSA) is 0 Å². The SMILES string of the molecule is Fc1cc2c(F)c(c1)CCCc1cccc(c1)CCC2. The highest BCUT2D eigenvalue weighted by Crippen LogP contribution is 2.21. The molecule has 1 aliphatic rings. The summed E-state index contributed by atoms with van der Waals surface area (Å²) in [6.07, 6.45) is 4.73. The van der Waals surface area contributed by atoms with Crippen molar-refractivity contribution in [3.8, 4) is 0 Å². The lowest BCUT2D eigenvalue weighted by Crippen LogP contribution is -2.03. The van der Waals surface area contributed by atoms with Crippen LogP contribution in [0.5, 0.6) is 0 Å². The van der Waals surface area contributed by atoms with Gasteiger partial charge in [-0.15, -0.1) is 0 Å². The Morgan fingerprint density at radius 1 is 0.700 bits per heavy atom. The van der Waals surface area contributed by atoms with E-state index in [0.29, 0.717) is 24.0 Å². The van der Waals surface area contributed by atoms with Gasteiger partial charge in [-0.25, -0.2) is 8.78 Å². The lowest BCUT2D eigenvalue weighted by atomic mass is 9.95. The summed E-state index contributed by atoms with van der Waals surface area (Å²) in [4.78, 5) is 0. The minimum Gasteiger partial charge on any atom is -0.207 e. The first-order valence-corrected chi connectivity index (χ1v) is 7.27. The molecule has 0 saturated carbocycles. The number of rotatable bonds is 0. The summed E-state index contributed by atoms with van der Waals surface area (Å²) in [7, 11) is 0. The summed E-state index contributed by atoms with van der Waals surface area (Å²) in [5, 5.41) is 0. The zero-order chi connectivity index (χ0) is 13.9. The molecule has 0 aromatic heterocycles. The Bertz CT molecular complexity index is 570. The van der Waals surface area contributed by atoms with Crippen molar-refractivity contribution in [1.29, 1.82) is 0 Å². The number of halogens is 2. The first-order chi connectivity index (χ1) is 9.72. The average molecular weight is 272 g/mol. The molecule has 0 radical (unpaired) electrons. The predicted octanol–water partition coefficient (Wildman–Crippen LogP) is 4.63. The van der Waals surface area contributed by atoms with Crippen molar-refractivity contribution in [1.82, 2.24) is 0 Å². The van der Waals surface area contributed by atoms with Crippen LogP contribution in [0.2, 0.25) is 0 Å². The van der Waals surface area contributed by atoms with E-state index < -0.39 is 0 Å². The number of hydrogen-bond donors (Lipinski definition) is 0. The molecule has 2 aromatic rings. The molecule has 2 aromatic carbocycles. The third-order valence-electron chi connectivity index (χ3n) is 4.00. The monoisotopic (exact) mass is 272 g/mol. The van der Waals surface area contributed by atoms with Crippen molar-refractivity contribution in [2.75, 3.05) is 0 Å². The molecule has 0 aliphatic heterocycles. The third kappa shape index (κ3) is 2.90. The second-order valence-corrected chi connectivity index (χ2v) is 5.57. The maximum atomic E-state index is 14.3. The highest BCUT2D eigenvalue weighted by molar-refractivity contribution is 5.29. The molecule has 0 atom stereocenters. The molecule has 1 aliphatic carbocycles. The molecule has 0 fully saturated rings. The fourth-order valence-corrected chi connectivity index (χ4v) is 2.98. The van der Waals surface area contributed by atoms with Crippen LogP contribution in [0.4, 0.5) is 8.78 Å². The third-order valence-corrected chi connectivity index (χ3v) is 4.00. The number of fused-ring (bicyclic) bond motifs is 4. The number of aryl methyl sites for hydroxylation is 4. The van der Waals surface area contributed by atoms with E-state index in [9.17, 15) is 8.78 Å². The molecular formula is C18H18F2. The fourth-order valence-electron chi connectivity index (χ4n) is 2.98. The Kier molecular flexibility index (Phi) is 3.81. The minimum atomic E-state index is -0.313. The van der Waals surface area contributed by atoms with Crippen molar-refractivity contribution in [2.45, 2.75) is 38.5 Å². The van der Waals surface area contributed by atoms with Crippen LogP contribution in [0.1, 0.15) is 35.1 Å². The Balaban J connectivity index is 1.92. The molecule has 0 saturated heterocycles. The molecule has 104 valence electrons. The van der Waals surface area contributed by atoms with Crippen LogP contribution in [-0.4, -0.2) is 0 Å². The first-order valence-electron chi connectivity index (χ1n) is 7.27. The van der Waals surface area contributed by atoms with E-state index in [2.05, 4.69) is 24.3 Å². The molecule has 0 amide bonds. The van der Waals surface area contributed by atoms with Gasteiger partial charge in [-0.2, -0.15) is 0 Å². The van der Waals surface area contributed by atoms with Gasteiger partial charge < -0.3 is 0 Å². The highest BCUT2D eigenvalue weighted by Gasteiger charge is 2.12. The van der Waals surface area contributed by atoms with Crippen molar-refractivity contribution in [3.05, 3.63) is 70.3 Å². The summed E-state index contributed by atoms with van der Waals surface area (Å²) in [6.45, 7) is 0. The minimum absolute atomic E-state index is 0.198. The first kappa shape index (κ1) is 13.3. The Morgan fingerprint density at radius 2 is 1.25 bits per heavy atom. The standard InChI is InChI=1S/C18H18F2/c19-17-11-15-8-2-6-13-4-1-5-14(10-13)7-3-9-16(12-17)18(15)20/h1,4-5,10-12H,2-3,6-9H2. The van der Waals surface area contributed by atoms with E-state index in [1.54, 1.807) is 0 Å². The molecule has 4 bridgehead atoms. The second-order valence-electron chi connectivity index (χ2n) is 5.57. The summed E-state index contributed by atoms with van der Waals surface area (Å²) in [5.74, 6) is -0.511. The van der Waals surface area contributed by atoms with E-state index in [1.165, 1.54) is 23.3 Å². The van der Waals surface area contributed by atoms with Crippen LogP contribution in [0.3, 0.4) is 0 Å². The summed E-state index contributed by atoms with van der Waals surface area (Å²) in [5.41, 5.74) is 3.63. The van der Waals surface area contributed by atoms with Gasteiger partial charge in [-0.1, -0.05) is 24.3 Å². The van der Waals surface area contributed by atoms with Crippen molar-refractivity contribution in [3.63, 3.8) is 0 Å². The Morgan fingerprint density at radius 3 is 1.80 bits per heavy atom. The quantitative estimate of drug-likeness (QED) is 0.656. The molecule has 0 spiro atoms. The van der Waals surface area contributed by atoms with Crippen LogP contribution in [0.15, 0.2) is 36.4 Å². The molecule has 2 heteroatoms. The van der Waals surface area contributed by atoms with Crippen molar-refractivity contribution >= 4 is 0 Å². The Hall–Kier alpha value is -1.70. The van der Waals surface area contributed by atoms with Gasteiger partial charge in [-0.3, -0.25) is 0 Å². The van der Waals surface area contributed by atoms with Gasteiger partial charge in [0.1, 0.15) is 11.6 Å². The van der Waals surface area contributed by atoms with Crippen LogP contribution in [-0.2, 0) is 25.7 Å². The number of benzene rings is 2. The largest absolute Gasteiger partial charge is 0.207 e. The molecule has 3 rings (SSSR count). The van der Waals surface area contributed by atoms with E-state index in [-0.39, 0.29) is 11.6 Å². The van der Waals surface area contributed by atoms with Gasteiger partial charge in [0.25, 0.3) is 0 Å². The van der Waals surface area contributed by atoms with Gasteiger partial charge >= 0.3 is 0 Å². The van der Waals surface area contributed by atoms with Crippen LogP contribution < -0.4 is 0 Å². The van der Waals surface area contributed by atoms with Gasteiger partial charge in [0, 0.05) is 0 Å². The predicted molar refractivity (Wildman–Crippen MR) is 76.9 cm³/mol. The zero-order valence-electron chi connectivity index (χ0n) is 11.5. The molecule has 0 unspecified atom stereocenters. The lowest BCUT2D eigenvalue weighted by molar-refractivity contribution is 0.561. The molecule has 20 heavy (non-hydrogen) atoms. The van der Waals surface area contributed by atoms with Crippen LogP contribution in [0.25, 0.3) is 0 Å². The van der Waals surface area contributed by atoms with Crippen molar-refractivity contribution < 1.29 is 8.78 Å². The van der Waals surface area contributed by atoms with E-state index in [1.807, 2.05) is 0 Å². The van der Waals surface area contributed by atoms with E-state index in [4.69, 9.17) is 0 Å². The fraction of sp³-hybridized carbons (Fsp3) is 0.333. The Labute approximate surface area is 118 Å². The molecule has 0 N–H and O–H groups in total. The molecule has 0 nitrogen and oxygen atoms in total. The molecule has 0 heterocycles. The average Bonchev–Trinajstić information content (AvgIpc) is 2.43. The van der Waals surface area contributed by atoms with Crippen molar-refractivity contribution in [2.24, 2.45) is 0 Å².